The van der Waals surface area contributed by atoms with E-state index >= 15 is 0 Å². The van der Waals surface area contributed by atoms with E-state index in [2.05, 4.69) is 15.0 Å². The summed E-state index contributed by atoms with van der Waals surface area (Å²) in [7, 11) is -3.69. The average molecular weight is 454 g/mol. The number of carbonyl (C=O) groups excluding carboxylic acids is 1. The number of para-hydroxylation sites is 1. The molecule has 1 aliphatic rings. The number of hydrogen-bond acceptors (Lipinski definition) is 5. The number of nitrogens with one attached hydrogen (secondary N) is 3. The number of aromatic nitrogens is 3. The molecule has 3 N–H and O–H groups in total. The molecule has 2 aromatic heterocycles. The highest BCUT2D eigenvalue weighted by Crippen LogP contribution is 2.24. The number of nitrogens with zero attached hydrogens (tertiary/aromatic N) is 2. The monoisotopic (exact) mass is 453 g/mol. The van der Waals surface area contributed by atoms with E-state index in [0.29, 0.717) is 42.8 Å². The second-order valence-corrected chi connectivity index (χ2v) is 10.00. The van der Waals surface area contributed by atoms with E-state index in [9.17, 15) is 18.0 Å². The van der Waals surface area contributed by atoms with Crippen molar-refractivity contribution in [1.82, 2.24) is 24.2 Å². The van der Waals surface area contributed by atoms with Gasteiger partial charge in [-0.3, -0.25) is 9.69 Å². The van der Waals surface area contributed by atoms with E-state index in [0.717, 1.165) is 16.6 Å². The van der Waals surface area contributed by atoms with Crippen molar-refractivity contribution in [3.63, 3.8) is 0 Å². The Hall–Kier alpha value is -3.21. The normalized spacial score (nSPS) is 16.2. The van der Waals surface area contributed by atoms with Crippen LogP contribution in [0, 0.1) is 6.92 Å². The van der Waals surface area contributed by atoms with Gasteiger partial charge >= 0.3 is 5.69 Å². The molecule has 32 heavy (non-hydrogen) atoms. The molecule has 9 nitrogen and oxygen atoms in total. The van der Waals surface area contributed by atoms with Crippen molar-refractivity contribution in [1.29, 1.82) is 0 Å². The Morgan fingerprint density at radius 2 is 1.66 bits per heavy atom. The van der Waals surface area contributed by atoms with Gasteiger partial charge in [-0.2, -0.15) is 4.31 Å². The average Bonchev–Trinajstić information content (AvgIpc) is 3.31. The van der Waals surface area contributed by atoms with Crippen LogP contribution in [-0.4, -0.2) is 71.1 Å². The Morgan fingerprint density at radius 3 is 2.44 bits per heavy atom. The Bertz CT molecular complexity index is 1490. The number of hydrogen-bond donors (Lipinski definition) is 3. The Morgan fingerprint density at radius 1 is 0.938 bits per heavy atom. The van der Waals surface area contributed by atoms with Crippen LogP contribution in [0.15, 0.2) is 52.2 Å². The van der Waals surface area contributed by atoms with Gasteiger partial charge in [0.2, 0.25) is 10.0 Å². The molecule has 0 amide bonds. The van der Waals surface area contributed by atoms with Crippen LogP contribution >= 0.6 is 0 Å². The van der Waals surface area contributed by atoms with Gasteiger partial charge in [-0.1, -0.05) is 18.2 Å². The molecule has 4 aromatic rings. The van der Waals surface area contributed by atoms with Crippen LogP contribution in [0.25, 0.3) is 21.9 Å². The molecule has 0 saturated carbocycles. The number of rotatable bonds is 5. The van der Waals surface area contributed by atoms with Gasteiger partial charge in [-0.05, 0) is 31.2 Å². The Balaban J connectivity index is 1.28. The van der Waals surface area contributed by atoms with Gasteiger partial charge in [-0.25, -0.2) is 13.2 Å². The molecule has 0 bridgehead atoms. The maximum atomic E-state index is 13.1. The molecule has 2 aromatic carbocycles. The first kappa shape index (κ1) is 20.7. The number of aromatic amines is 3. The third kappa shape index (κ3) is 3.56. The standard InChI is InChI=1S/C22H23N5O4S/c1-14-21(16-4-2-3-5-17(16)23-14)20(28)13-26-8-10-27(11-9-26)32(30,31)15-6-7-18-19(12-15)25-22(29)24-18/h2-7,12,23H,8-11,13H2,1H3,(H2,24,25,29). The first-order chi connectivity index (χ1) is 15.3. The van der Waals surface area contributed by atoms with Gasteiger partial charge in [0, 0.05) is 48.3 Å². The lowest BCUT2D eigenvalue weighted by atomic mass is 10.1. The molecule has 166 valence electrons. The molecule has 0 spiro atoms. The molecule has 1 saturated heterocycles. The highest BCUT2D eigenvalue weighted by Gasteiger charge is 2.30. The molecular formula is C22H23N5O4S. The summed E-state index contributed by atoms with van der Waals surface area (Å²) in [4.78, 5) is 35.0. The molecule has 5 rings (SSSR count). The third-order valence-electron chi connectivity index (χ3n) is 6.00. The van der Waals surface area contributed by atoms with Gasteiger partial charge in [0.25, 0.3) is 0 Å². The van der Waals surface area contributed by atoms with Crippen LogP contribution < -0.4 is 5.69 Å². The highest BCUT2D eigenvalue weighted by atomic mass is 32.2. The summed E-state index contributed by atoms with van der Waals surface area (Å²) >= 11 is 0. The van der Waals surface area contributed by atoms with E-state index in [4.69, 9.17) is 0 Å². The van der Waals surface area contributed by atoms with E-state index in [-0.39, 0.29) is 22.9 Å². The van der Waals surface area contributed by atoms with Crippen LogP contribution in [0.5, 0.6) is 0 Å². The number of benzene rings is 2. The van der Waals surface area contributed by atoms with Gasteiger partial charge in [0.05, 0.1) is 22.5 Å². The minimum Gasteiger partial charge on any atom is -0.358 e. The molecule has 0 aliphatic carbocycles. The van der Waals surface area contributed by atoms with Crippen molar-refractivity contribution < 1.29 is 13.2 Å². The Labute approximate surface area is 184 Å². The zero-order chi connectivity index (χ0) is 22.5. The summed E-state index contributed by atoms with van der Waals surface area (Å²) in [6.07, 6.45) is 0. The smallest absolute Gasteiger partial charge is 0.323 e. The highest BCUT2D eigenvalue weighted by molar-refractivity contribution is 7.89. The summed E-state index contributed by atoms with van der Waals surface area (Å²) < 4.78 is 27.6. The van der Waals surface area contributed by atoms with Crippen molar-refractivity contribution in [2.24, 2.45) is 0 Å². The lowest BCUT2D eigenvalue weighted by Crippen LogP contribution is -2.49. The number of H-pyrrole nitrogens is 3. The third-order valence-corrected chi connectivity index (χ3v) is 7.89. The topological polar surface area (TPSA) is 122 Å². The molecule has 0 unspecified atom stereocenters. The second kappa shape index (κ2) is 7.73. The largest absolute Gasteiger partial charge is 0.358 e. The number of sulfonamides is 1. The zero-order valence-corrected chi connectivity index (χ0v) is 18.3. The fourth-order valence-corrected chi connectivity index (χ4v) is 5.82. The molecule has 0 atom stereocenters. The molecule has 3 heterocycles. The summed E-state index contributed by atoms with van der Waals surface area (Å²) in [5.41, 5.74) is 3.11. The SMILES string of the molecule is Cc1[nH]c2ccccc2c1C(=O)CN1CCN(S(=O)(=O)c2ccc3[nH]c(=O)[nH]c3c2)CC1. The van der Waals surface area contributed by atoms with Crippen molar-refractivity contribution in [2.45, 2.75) is 11.8 Å². The van der Waals surface area contributed by atoms with Crippen LogP contribution in [0.3, 0.4) is 0 Å². The fraction of sp³-hybridized carbons (Fsp3) is 0.273. The van der Waals surface area contributed by atoms with Crippen molar-refractivity contribution in [2.75, 3.05) is 32.7 Å². The van der Waals surface area contributed by atoms with E-state index in [1.165, 1.54) is 16.4 Å². The molecule has 0 radical (unpaired) electrons. The van der Waals surface area contributed by atoms with Gasteiger partial charge in [-0.15, -0.1) is 0 Å². The predicted molar refractivity (Wildman–Crippen MR) is 121 cm³/mol. The zero-order valence-electron chi connectivity index (χ0n) is 17.5. The van der Waals surface area contributed by atoms with E-state index < -0.39 is 10.0 Å². The van der Waals surface area contributed by atoms with Gasteiger partial charge < -0.3 is 15.0 Å². The van der Waals surface area contributed by atoms with Crippen LogP contribution in [0.4, 0.5) is 0 Å². The number of aryl methyl sites for hydroxylation is 1. The van der Waals surface area contributed by atoms with E-state index in [1.807, 2.05) is 36.1 Å². The van der Waals surface area contributed by atoms with E-state index in [1.54, 1.807) is 6.07 Å². The number of Topliss-reactive ketones (excluding diaryl/α,β-unsaturated/α-hetero) is 1. The van der Waals surface area contributed by atoms with Crippen LogP contribution in [0.1, 0.15) is 16.1 Å². The number of fused-ring (bicyclic) bond motifs is 2. The molecule has 1 fully saturated rings. The van der Waals surface area contributed by atoms with Crippen molar-refractivity contribution in [3.05, 3.63) is 64.2 Å². The first-order valence-corrected chi connectivity index (χ1v) is 11.8. The quantitative estimate of drug-likeness (QED) is 0.398. The summed E-state index contributed by atoms with van der Waals surface area (Å²) in [5.74, 6) is 0.0260. The number of imidazole rings is 1. The first-order valence-electron chi connectivity index (χ1n) is 10.4. The summed E-state index contributed by atoms with van der Waals surface area (Å²) in [6, 6.07) is 12.3. The summed E-state index contributed by atoms with van der Waals surface area (Å²) in [5, 5.41) is 0.911. The number of ketones is 1. The molecule has 10 heteroatoms. The number of piperazine rings is 1. The molecule has 1 aliphatic heterocycles. The maximum absolute atomic E-state index is 13.1. The lowest BCUT2D eigenvalue weighted by molar-refractivity contribution is 0.0903. The Kier molecular flexibility index (Phi) is 5.00. The van der Waals surface area contributed by atoms with Gasteiger partial charge in [0.1, 0.15) is 0 Å². The van der Waals surface area contributed by atoms with Crippen LogP contribution in [-0.2, 0) is 10.0 Å². The number of carbonyl (C=O) groups is 1. The van der Waals surface area contributed by atoms with Crippen molar-refractivity contribution >= 4 is 37.7 Å². The van der Waals surface area contributed by atoms with Gasteiger partial charge in [0.15, 0.2) is 5.78 Å². The van der Waals surface area contributed by atoms with Crippen molar-refractivity contribution in [3.8, 4) is 0 Å². The summed E-state index contributed by atoms with van der Waals surface area (Å²) in [6.45, 7) is 3.67. The predicted octanol–water partition coefficient (Wildman–Crippen LogP) is 1.84. The molecular weight excluding hydrogens is 430 g/mol. The fourth-order valence-electron chi connectivity index (χ4n) is 4.37. The van der Waals surface area contributed by atoms with Crippen LogP contribution in [0.2, 0.25) is 0 Å². The minimum atomic E-state index is -3.69. The lowest BCUT2D eigenvalue weighted by Gasteiger charge is -2.33. The second-order valence-electron chi connectivity index (χ2n) is 8.06. The maximum Gasteiger partial charge on any atom is 0.323 e. The minimum absolute atomic E-state index is 0.0260.